The molecule has 0 aromatic heterocycles. The molecule has 1 saturated heterocycles. The first-order valence-electron chi connectivity index (χ1n) is 10.4. The second-order valence-corrected chi connectivity index (χ2v) is 7.74. The zero-order chi connectivity index (χ0) is 19.8. The molecule has 0 aliphatic carbocycles. The third-order valence-corrected chi connectivity index (χ3v) is 4.71. The van der Waals surface area contributed by atoms with Crippen LogP contribution in [0.3, 0.4) is 0 Å². The largest absolute Gasteiger partial charge is 0.486 e. The monoisotopic (exact) mass is 518 g/mol. The number of benzene rings is 1. The Bertz CT molecular complexity index is 644. The fourth-order valence-electron chi connectivity index (χ4n) is 3.48. The Morgan fingerprint density at radius 2 is 2.00 bits per heavy atom. The highest BCUT2D eigenvalue weighted by atomic mass is 127. The Labute approximate surface area is 191 Å². The van der Waals surface area contributed by atoms with E-state index < -0.39 is 0 Å². The number of ether oxygens (including phenoxy) is 3. The van der Waals surface area contributed by atoms with Gasteiger partial charge in [0, 0.05) is 26.2 Å². The van der Waals surface area contributed by atoms with Gasteiger partial charge in [-0.05, 0) is 25.0 Å². The fourth-order valence-corrected chi connectivity index (χ4v) is 3.48. The van der Waals surface area contributed by atoms with Crippen LogP contribution in [0.5, 0.6) is 11.5 Å². The second kappa shape index (κ2) is 12.4. The highest BCUT2D eigenvalue weighted by Gasteiger charge is 2.22. The second-order valence-electron chi connectivity index (χ2n) is 7.74. The van der Waals surface area contributed by atoms with Crippen LogP contribution in [0.25, 0.3) is 0 Å². The minimum Gasteiger partial charge on any atom is -0.486 e. The molecule has 8 heteroatoms. The maximum atomic E-state index is 6.00. The Morgan fingerprint density at radius 3 is 2.76 bits per heavy atom. The molecule has 0 saturated carbocycles. The minimum absolute atomic E-state index is 0. The molecular formula is C21H35IN4O3. The lowest BCUT2D eigenvalue weighted by Gasteiger charge is -2.33. The molecule has 2 unspecified atom stereocenters. The number of halogens is 1. The topological polar surface area (TPSA) is 67.4 Å². The molecule has 2 aliphatic rings. The van der Waals surface area contributed by atoms with E-state index in [2.05, 4.69) is 36.3 Å². The zero-order valence-electron chi connectivity index (χ0n) is 17.7. The van der Waals surface area contributed by atoms with Gasteiger partial charge < -0.3 is 24.8 Å². The Morgan fingerprint density at radius 1 is 1.21 bits per heavy atom. The number of fused-ring (bicyclic) bond motifs is 1. The summed E-state index contributed by atoms with van der Waals surface area (Å²) in [6.07, 6.45) is 0.0929. The Balaban J connectivity index is 0.00000300. The van der Waals surface area contributed by atoms with E-state index in [1.165, 1.54) is 0 Å². The highest BCUT2D eigenvalue weighted by Crippen LogP contribution is 2.30. The van der Waals surface area contributed by atoms with Crippen LogP contribution in [0.1, 0.15) is 20.8 Å². The summed E-state index contributed by atoms with van der Waals surface area (Å²) in [6.45, 7) is 13.0. The average molecular weight is 518 g/mol. The van der Waals surface area contributed by atoms with Gasteiger partial charge in [-0.15, -0.1) is 24.0 Å². The summed E-state index contributed by atoms with van der Waals surface area (Å²) in [5.74, 6) is 3.06. The number of nitrogens with zero attached hydrogens (tertiary/aromatic N) is 2. The molecule has 1 fully saturated rings. The van der Waals surface area contributed by atoms with Crippen LogP contribution in [-0.2, 0) is 4.74 Å². The highest BCUT2D eigenvalue weighted by molar-refractivity contribution is 14.0. The van der Waals surface area contributed by atoms with Crippen LogP contribution in [0.4, 0.5) is 0 Å². The van der Waals surface area contributed by atoms with Crippen LogP contribution in [-0.4, -0.2) is 75.5 Å². The number of morpholine rings is 1. The van der Waals surface area contributed by atoms with Crippen molar-refractivity contribution in [1.82, 2.24) is 15.5 Å². The molecule has 29 heavy (non-hydrogen) atoms. The predicted molar refractivity (Wildman–Crippen MR) is 127 cm³/mol. The normalized spacial score (nSPS) is 22.1. The number of hydrogen-bond acceptors (Lipinski definition) is 5. The third kappa shape index (κ3) is 7.82. The molecule has 1 aromatic rings. The van der Waals surface area contributed by atoms with Crippen molar-refractivity contribution in [2.75, 3.05) is 52.5 Å². The Hall–Kier alpha value is -1.26. The molecule has 2 aliphatic heterocycles. The molecule has 2 heterocycles. The molecule has 2 atom stereocenters. The summed E-state index contributed by atoms with van der Waals surface area (Å²) >= 11 is 0. The van der Waals surface area contributed by atoms with Gasteiger partial charge in [0.1, 0.15) is 12.7 Å². The summed E-state index contributed by atoms with van der Waals surface area (Å²) in [4.78, 5) is 7.20. The van der Waals surface area contributed by atoms with E-state index in [4.69, 9.17) is 19.2 Å². The van der Waals surface area contributed by atoms with Crippen molar-refractivity contribution < 1.29 is 14.2 Å². The van der Waals surface area contributed by atoms with Gasteiger partial charge in [-0.3, -0.25) is 9.89 Å². The first kappa shape index (κ1) is 24.0. The van der Waals surface area contributed by atoms with Gasteiger partial charge in [0.2, 0.25) is 0 Å². The van der Waals surface area contributed by atoms with Crippen molar-refractivity contribution in [3.63, 3.8) is 0 Å². The summed E-state index contributed by atoms with van der Waals surface area (Å²) in [6, 6.07) is 7.77. The number of guanidine groups is 1. The number of para-hydroxylation sites is 2. The van der Waals surface area contributed by atoms with Crippen LogP contribution in [0.15, 0.2) is 29.3 Å². The van der Waals surface area contributed by atoms with Gasteiger partial charge in [-0.1, -0.05) is 26.0 Å². The standard InChI is InChI=1S/C21H34N4O3.HI/c1-4-22-21(23-11-17-14-25(9-10-26-17)13-16(2)3)24-12-18-15-27-19-7-5-6-8-20(19)28-18;/h5-8,16-18H,4,9-15H2,1-3H3,(H2,22,23,24);1H. The molecule has 0 spiro atoms. The van der Waals surface area contributed by atoms with Crippen LogP contribution in [0, 0.1) is 5.92 Å². The van der Waals surface area contributed by atoms with Crippen molar-refractivity contribution in [2.45, 2.75) is 33.0 Å². The number of aliphatic imine (C=N–C) groups is 1. The van der Waals surface area contributed by atoms with Crippen LogP contribution < -0.4 is 20.1 Å². The third-order valence-electron chi connectivity index (χ3n) is 4.71. The first-order chi connectivity index (χ1) is 13.6. The van der Waals surface area contributed by atoms with E-state index >= 15 is 0 Å². The van der Waals surface area contributed by atoms with Crippen LogP contribution in [0.2, 0.25) is 0 Å². The zero-order valence-corrected chi connectivity index (χ0v) is 20.1. The van der Waals surface area contributed by atoms with Gasteiger partial charge in [0.25, 0.3) is 0 Å². The smallest absolute Gasteiger partial charge is 0.191 e. The van der Waals surface area contributed by atoms with E-state index in [9.17, 15) is 0 Å². The van der Waals surface area contributed by atoms with E-state index in [0.717, 1.165) is 50.2 Å². The molecule has 0 radical (unpaired) electrons. The van der Waals surface area contributed by atoms with E-state index in [0.29, 0.717) is 25.6 Å². The molecular weight excluding hydrogens is 483 g/mol. The average Bonchev–Trinajstić information content (AvgIpc) is 2.70. The number of rotatable bonds is 7. The molecule has 1 aromatic carbocycles. The van der Waals surface area contributed by atoms with E-state index in [1.54, 1.807) is 0 Å². The molecule has 0 amide bonds. The van der Waals surface area contributed by atoms with Crippen LogP contribution >= 0.6 is 24.0 Å². The first-order valence-corrected chi connectivity index (χ1v) is 10.4. The summed E-state index contributed by atoms with van der Waals surface area (Å²) in [5, 5.41) is 6.67. The predicted octanol–water partition coefficient (Wildman–Crippen LogP) is 2.36. The maximum absolute atomic E-state index is 6.00. The molecule has 0 bridgehead atoms. The van der Waals surface area contributed by atoms with Gasteiger partial charge in [-0.2, -0.15) is 0 Å². The lowest BCUT2D eigenvalue weighted by atomic mass is 10.2. The van der Waals surface area contributed by atoms with Crippen molar-refractivity contribution in [1.29, 1.82) is 0 Å². The summed E-state index contributed by atoms with van der Waals surface area (Å²) < 4.78 is 17.7. The van der Waals surface area contributed by atoms with Gasteiger partial charge in [-0.25, -0.2) is 0 Å². The Kier molecular flexibility index (Phi) is 10.3. The van der Waals surface area contributed by atoms with Crippen molar-refractivity contribution in [2.24, 2.45) is 10.9 Å². The van der Waals surface area contributed by atoms with E-state index in [-0.39, 0.29) is 36.2 Å². The minimum atomic E-state index is -0.0498. The maximum Gasteiger partial charge on any atom is 0.191 e. The molecule has 2 N–H and O–H groups in total. The van der Waals surface area contributed by atoms with Gasteiger partial charge in [0.15, 0.2) is 17.5 Å². The summed E-state index contributed by atoms with van der Waals surface area (Å²) in [7, 11) is 0. The number of nitrogens with one attached hydrogen (secondary N) is 2. The number of hydrogen-bond donors (Lipinski definition) is 2. The van der Waals surface area contributed by atoms with Crippen molar-refractivity contribution >= 4 is 29.9 Å². The quantitative estimate of drug-likeness (QED) is 0.328. The van der Waals surface area contributed by atoms with Crippen molar-refractivity contribution in [3.05, 3.63) is 24.3 Å². The summed E-state index contributed by atoms with van der Waals surface area (Å²) in [5.41, 5.74) is 0. The molecule has 7 nitrogen and oxygen atoms in total. The molecule has 3 rings (SSSR count). The van der Waals surface area contributed by atoms with Gasteiger partial charge >= 0.3 is 0 Å². The van der Waals surface area contributed by atoms with Gasteiger partial charge in [0.05, 0.1) is 25.8 Å². The molecule has 164 valence electrons. The lowest BCUT2D eigenvalue weighted by molar-refractivity contribution is -0.0262. The van der Waals surface area contributed by atoms with Crippen molar-refractivity contribution in [3.8, 4) is 11.5 Å². The SMILES string of the molecule is CCNC(=NCC1CN(CC(C)C)CCO1)NCC1COc2ccccc2O1.I. The lowest BCUT2D eigenvalue weighted by Crippen LogP contribution is -2.47. The van der Waals surface area contributed by atoms with E-state index in [1.807, 2.05) is 24.3 Å². The fraction of sp³-hybridized carbons (Fsp3) is 0.667.